The first kappa shape index (κ1) is 11.4. The van der Waals surface area contributed by atoms with Crippen molar-refractivity contribution in [1.82, 2.24) is 0 Å². The van der Waals surface area contributed by atoms with Crippen LogP contribution in [0.2, 0.25) is 0 Å². The Kier molecular flexibility index (Phi) is 3.10. The van der Waals surface area contributed by atoms with Gasteiger partial charge in [0, 0.05) is 0 Å². The average molecular weight is 223 g/mol. The maximum Gasteiger partial charge on any atom is 0.408 e. The van der Waals surface area contributed by atoms with Crippen LogP contribution in [-0.2, 0) is 0 Å². The van der Waals surface area contributed by atoms with E-state index < -0.39 is 11.6 Å². The molecule has 0 aromatic heterocycles. The number of benzene rings is 1. The van der Waals surface area contributed by atoms with Gasteiger partial charge in [0.05, 0.1) is 0 Å². The van der Waals surface area contributed by atoms with E-state index in [1.165, 1.54) is 6.07 Å². The summed E-state index contributed by atoms with van der Waals surface area (Å²) in [7, 11) is 0. The van der Waals surface area contributed by atoms with Crippen LogP contribution in [0.4, 0.5) is 13.2 Å². The fourth-order valence-electron chi connectivity index (χ4n) is 1.29. The highest BCUT2D eigenvalue weighted by molar-refractivity contribution is 6.21. The minimum atomic E-state index is -4.39. The van der Waals surface area contributed by atoms with Crippen LogP contribution in [0.25, 0.3) is 0 Å². The Morgan fingerprint density at radius 1 is 1.21 bits per heavy atom. The molecule has 0 N–H and O–H groups in total. The Hall–Kier alpha value is -0.700. The molecule has 0 saturated carbocycles. The maximum absolute atomic E-state index is 12.3. The third-order valence-corrected chi connectivity index (χ3v) is 2.47. The fraction of sp³-hybridized carbons (Fsp3) is 0.400. The number of rotatable bonds is 1. The van der Waals surface area contributed by atoms with E-state index in [-0.39, 0.29) is 5.56 Å². The molecule has 1 aromatic carbocycles. The molecule has 1 rings (SSSR count). The highest BCUT2D eigenvalue weighted by Crippen LogP contribution is 2.39. The molecular formula is C10H10ClF3. The van der Waals surface area contributed by atoms with Gasteiger partial charge in [-0.3, -0.25) is 0 Å². The summed E-state index contributed by atoms with van der Waals surface area (Å²) in [5, 5.41) is -1.91. The van der Waals surface area contributed by atoms with Gasteiger partial charge in [0.1, 0.15) is 0 Å². The average Bonchev–Trinajstić information content (AvgIpc) is 2.01. The number of hydrogen-bond donors (Lipinski definition) is 0. The minimum absolute atomic E-state index is 0.129. The summed E-state index contributed by atoms with van der Waals surface area (Å²) < 4.78 is 36.9. The van der Waals surface area contributed by atoms with E-state index in [4.69, 9.17) is 11.6 Å². The van der Waals surface area contributed by atoms with Crippen LogP contribution in [0.1, 0.15) is 22.1 Å². The molecule has 0 amide bonds. The van der Waals surface area contributed by atoms with Crippen molar-refractivity contribution in [2.24, 2.45) is 0 Å². The molecule has 0 aliphatic heterocycles. The molecule has 78 valence electrons. The quantitative estimate of drug-likeness (QED) is 0.627. The standard InChI is InChI=1S/C10H10ClF3/c1-6-3-4-8(7(2)5-6)9(11)10(12,13)14/h3-5,9H,1-2H3. The highest BCUT2D eigenvalue weighted by Gasteiger charge is 2.39. The van der Waals surface area contributed by atoms with Crippen molar-refractivity contribution in [1.29, 1.82) is 0 Å². The molecule has 1 aromatic rings. The second-order valence-corrected chi connectivity index (χ2v) is 3.70. The molecule has 0 spiro atoms. The molecule has 4 heteroatoms. The van der Waals surface area contributed by atoms with E-state index in [0.29, 0.717) is 5.56 Å². The second kappa shape index (κ2) is 3.81. The minimum Gasteiger partial charge on any atom is -0.169 e. The molecule has 0 bridgehead atoms. The summed E-state index contributed by atoms with van der Waals surface area (Å²) in [5.41, 5.74) is 1.63. The normalized spacial score (nSPS) is 14.1. The third-order valence-electron chi connectivity index (χ3n) is 1.99. The van der Waals surface area contributed by atoms with Gasteiger partial charge in [0.25, 0.3) is 0 Å². The van der Waals surface area contributed by atoms with Gasteiger partial charge in [-0.25, -0.2) is 0 Å². The molecule has 0 nitrogen and oxygen atoms in total. The zero-order valence-electron chi connectivity index (χ0n) is 7.82. The number of hydrogen-bond acceptors (Lipinski definition) is 0. The molecular weight excluding hydrogens is 213 g/mol. The predicted octanol–water partition coefficient (Wildman–Crippen LogP) is 4.15. The predicted molar refractivity (Wildman–Crippen MR) is 50.6 cm³/mol. The molecule has 0 fully saturated rings. The molecule has 14 heavy (non-hydrogen) atoms. The molecule has 0 heterocycles. The smallest absolute Gasteiger partial charge is 0.169 e. The van der Waals surface area contributed by atoms with Crippen LogP contribution in [0.15, 0.2) is 18.2 Å². The largest absolute Gasteiger partial charge is 0.408 e. The summed E-state index contributed by atoms with van der Waals surface area (Å²) in [5.74, 6) is 0. The lowest BCUT2D eigenvalue weighted by Crippen LogP contribution is -2.16. The summed E-state index contributed by atoms with van der Waals surface area (Å²) >= 11 is 5.31. The van der Waals surface area contributed by atoms with Crippen LogP contribution in [0.5, 0.6) is 0 Å². The van der Waals surface area contributed by atoms with Crippen molar-refractivity contribution >= 4 is 11.6 Å². The summed E-state index contributed by atoms with van der Waals surface area (Å²) in [6.07, 6.45) is -4.39. The number of halogens is 4. The van der Waals surface area contributed by atoms with Crippen LogP contribution >= 0.6 is 11.6 Å². The van der Waals surface area contributed by atoms with Crippen LogP contribution in [0, 0.1) is 13.8 Å². The van der Waals surface area contributed by atoms with Crippen molar-refractivity contribution in [3.05, 3.63) is 34.9 Å². The van der Waals surface area contributed by atoms with Crippen molar-refractivity contribution in [3.8, 4) is 0 Å². The maximum atomic E-state index is 12.3. The zero-order chi connectivity index (χ0) is 10.9. The Balaban J connectivity index is 3.08. The van der Waals surface area contributed by atoms with E-state index in [0.717, 1.165) is 5.56 Å². The Bertz CT molecular complexity index is 331. The van der Waals surface area contributed by atoms with E-state index >= 15 is 0 Å². The molecule has 0 aliphatic rings. The topological polar surface area (TPSA) is 0 Å². The Morgan fingerprint density at radius 3 is 2.21 bits per heavy atom. The number of alkyl halides is 4. The van der Waals surface area contributed by atoms with Crippen LogP contribution in [-0.4, -0.2) is 6.18 Å². The zero-order valence-corrected chi connectivity index (χ0v) is 8.58. The molecule has 0 radical (unpaired) electrons. The van der Waals surface area contributed by atoms with Crippen molar-refractivity contribution < 1.29 is 13.2 Å². The second-order valence-electron chi connectivity index (χ2n) is 3.26. The van der Waals surface area contributed by atoms with Gasteiger partial charge in [-0.1, -0.05) is 23.8 Å². The van der Waals surface area contributed by atoms with Gasteiger partial charge < -0.3 is 0 Å². The van der Waals surface area contributed by atoms with Crippen molar-refractivity contribution in [3.63, 3.8) is 0 Å². The lowest BCUT2D eigenvalue weighted by atomic mass is 10.0. The monoisotopic (exact) mass is 222 g/mol. The first-order valence-corrected chi connectivity index (χ1v) is 4.54. The van der Waals surface area contributed by atoms with Crippen molar-refractivity contribution in [2.75, 3.05) is 0 Å². The first-order valence-electron chi connectivity index (χ1n) is 4.10. The van der Waals surface area contributed by atoms with Gasteiger partial charge >= 0.3 is 6.18 Å². The van der Waals surface area contributed by atoms with E-state index in [9.17, 15) is 13.2 Å². The number of aryl methyl sites for hydroxylation is 2. The van der Waals surface area contributed by atoms with E-state index in [1.807, 2.05) is 6.92 Å². The Morgan fingerprint density at radius 2 is 1.79 bits per heavy atom. The first-order chi connectivity index (χ1) is 6.32. The van der Waals surface area contributed by atoms with Gasteiger partial charge in [-0.15, -0.1) is 11.6 Å². The van der Waals surface area contributed by atoms with Gasteiger partial charge in [0.2, 0.25) is 0 Å². The third kappa shape index (κ3) is 2.41. The van der Waals surface area contributed by atoms with Crippen LogP contribution < -0.4 is 0 Å². The summed E-state index contributed by atoms with van der Waals surface area (Å²) in [6.45, 7) is 3.46. The van der Waals surface area contributed by atoms with Gasteiger partial charge in [-0.05, 0) is 25.0 Å². The lowest BCUT2D eigenvalue weighted by molar-refractivity contribution is -0.131. The summed E-state index contributed by atoms with van der Waals surface area (Å²) in [6, 6.07) is 4.75. The van der Waals surface area contributed by atoms with Gasteiger partial charge in [-0.2, -0.15) is 13.2 Å². The highest BCUT2D eigenvalue weighted by atomic mass is 35.5. The van der Waals surface area contributed by atoms with Crippen molar-refractivity contribution in [2.45, 2.75) is 25.4 Å². The Labute approximate surface area is 85.7 Å². The SMILES string of the molecule is Cc1ccc(C(Cl)C(F)(F)F)c(C)c1. The van der Waals surface area contributed by atoms with E-state index in [2.05, 4.69) is 0 Å². The van der Waals surface area contributed by atoms with Crippen LogP contribution in [0.3, 0.4) is 0 Å². The molecule has 0 saturated heterocycles. The lowest BCUT2D eigenvalue weighted by Gasteiger charge is -2.16. The fourth-order valence-corrected chi connectivity index (χ4v) is 1.53. The summed E-state index contributed by atoms with van der Waals surface area (Å²) in [4.78, 5) is 0. The molecule has 1 atom stereocenters. The van der Waals surface area contributed by atoms with Gasteiger partial charge in [0.15, 0.2) is 5.38 Å². The molecule has 1 unspecified atom stereocenters. The molecule has 0 aliphatic carbocycles. The van der Waals surface area contributed by atoms with E-state index in [1.54, 1.807) is 19.1 Å².